The summed E-state index contributed by atoms with van der Waals surface area (Å²) in [5, 5.41) is 2.63. The predicted octanol–water partition coefficient (Wildman–Crippen LogP) is 1.21. The van der Waals surface area contributed by atoms with Crippen LogP contribution in [0.3, 0.4) is 0 Å². The van der Waals surface area contributed by atoms with Gasteiger partial charge in [-0.15, -0.1) is 0 Å². The number of benzene rings is 1. The Bertz CT molecular complexity index is 1140. The summed E-state index contributed by atoms with van der Waals surface area (Å²) in [6, 6.07) is 0. The van der Waals surface area contributed by atoms with Gasteiger partial charge in [0.15, 0.2) is 0 Å². The lowest BCUT2D eigenvalue weighted by Crippen LogP contribution is -2.35. The van der Waals surface area contributed by atoms with Crippen LogP contribution in [-0.4, -0.2) is 121 Å². The zero-order valence-electron chi connectivity index (χ0n) is 24.8. The van der Waals surface area contributed by atoms with Crippen LogP contribution < -0.4 is 10.1 Å². The van der Waals surface area contributed by atoms with Crippen molar-refractivity contribution in [2.75, 3.05) is 92.4 Å². The van der Waals surface area contributed by atoms with E-state index in [0.717, 1.165) is 17.1 Å². The second kappa shape index (κ2) is 22.1. The Labute approximate surface area is 260 Å². The SMILES string of the molecule is O=C(CCN1C(=O)C=CC1=O)NCCOCCOCCOCCOCCOCCOCCC(=O)Oc1c(F)c(F)c(F)c(F)c1F. The molecule has 18 heteroatoms. The largest absolute Gasteiger partial charge is 0.420 e. The van der Waals surface area contributed by atoms with Gasteiger partial charge in [0.25, 0.3) is 11.8 Å². The monoisotopic (exact) mass is 670 g/mol. The van der Waals surface area contributed by atoms with Gasteiger partial charge in [-0.2, -0.15) is 8.78 Å². The molecule has 0 saturated carbocycles. The molecular weight excluding hydrogens is 635 g/mol. The van der Waals surface area contributed by atoms with E-state index >= 15 is 0 Å². The number of nitrogens with one attached hydrogen (secondary N) is 1. The Kier molecular flexibility index (Phi) is 18.5. The Balaban J connectivity index is 1.29. The third kappa shape index (κ3) is 14.3. The molecule has 0 saturated heterocycles. The highest BCUT2D eigenvalue weighted by Gasteiger charge is 2.28. The number of esters is 1. The molecule has 0 spiro atoms. The Morgan fingerprint density at radius 2 is 0.957 bits per heavy atom. The van der Waals surface area contributed by atoms with E-state index in [0.29, 0.717) is 39.6 Å². The predicted molar refractivity (Wildman–Crippen MR) is 145 cm³/mol. The van der Waals surface area contributed by atoms with Crippen LogP contribution in [0.1, 0.15) is 12.8 Å². The van der Waals surface area contributed by atoms with Gasteiger partial charge in [0.1, 0.15) is 0 Å². The highest BCUT2D eigenvalue weighted by molar-refractivity contribution is 6.13. The number of carbonyl (C=O) groups is 4. The molecule has 3 amide bonds. The molecule has 0 atom stereocenters. The lowest BCUT2D eigenvalue weighted by atomic mass is 10.2. The molecule has 1 aromatic rings. The molecule has 0 fully saturated rings. The molecule has 0 aromatic heterocycles. The van der Waals surface area contributed by atoms with E-state index in [1.54, 1.807) is 0 Å². The molecule has 46 heavy (non-hydrogen) atoms. The zero-order chi connectivity index (χ0) is 33.7. The summed E-state index contributed by atoms with van der Waals surface area (Å²) in [6.07, 6.45) is 1.84. The maximum atomic E-state index is 13.5. The van der Waals surface area contributed by atoms with Crippen LogP contribution in [0, 0.1) is 29.1 Å². The van der Waals surface area contributed by atoms with Gasteiger partial charge in [-0.3, -0.25) is 24.1 Å². The molecule has 0 aliphatic carbocycles. The van der Waals surface area contributed by atoms with Crippen molar-refractivity contribution >= 4 is 23.7 Å². The quantitative estimate of drug-likeness (QED) is 0.0305. The average Bonchev–Trinajstić information content (AvgIpc) is 3.36. The molecular formula is C28H35F5N2O11. The molecule has 1 N–H and O–H groups in total. The molecule has 1 aliphatic rings. The van der Waals surface area contributed by atoms with E-state index in [9.17, 15) is 41.1 Å². The van der Waals surface area contributed by atoms with Gasteiger partial charge in [0, 0.05) is 31.7 Å². The lowest BCUT2D eigenvalue weighted by Gasteiger charge is -2.13. The van der Waals surface area contributed by atoms with E-state index < -0.39 is 59.0 Å². The summed E-state index contributed by atoms with van der Waals surface area (Å²) in [5.41, 5.74) is 0. The van der Waals surface area contributed by atoms with Gasteiger partial charge in [0.2, 0.25) is 40.7 Å². The molecule has 13 nitrogen and oxygen atoms in total. The minimum Gasteiger partial charge on any atom is -0.420 e. The van der Waals surface area contributed by atoms with E-state index in [1.807, 2.05) is 0 Å². The average molecular weight is 671 g/mol. The molecule has 2 rings (SSSR count). The number of hydrogen-bond acceptors (Lipinski definition) is 11. The van der Waals surface area contributed by atoms with Crippen LogP contribution >= 0.6 is 0 Å². The highest BCUT2D eigenvalue weighted by Crippen LogP contribution is 2.29. The Morgan fingerprint density at radius 3 is 1.41 bits per heavy atom. The van der Waals surface area contributed by atoms with Crippen LogP contribution in [0.2, 0.25) is 0 Å². The normalized spacial score (nSPS) is 12.8. The number of nitrogens with zero attached hydrogens (tertiary/aromatic N) is 1. The van der Waals surface area contributed by atoms with Gasteiger partial charge in [-0.05, 0) is 0 Å². The first kappa shape index (κ1) is 38.6. The van der Waals surface area contributed by atoms with E-state index in [2.05, 4.69) is 10.1 Å². The van der Waals surface area contributed by atoms with Crippen LogP contribution in [0.5, 0.6) is 5.75 Å². The number of ether oxygens (including phenoxy) is 7. The second-order valence-corrected chi connectivity index (χ2v) is 9.06. The number of hydrogen-bond donors (Lipinski definition) is 1. The fourth-order valence-electron chi connectivity index (χ4n) is 3.41. The van der Waals surface area contributed by atoms with Crippen LogP contribution in [0.15, 0.2) is 12.2 Å². The zero-order valence-corrected chi connectivity index (χ0v) is 24.8. The van der Waals surface area contributed by atoms with Crippen LogP contribution in [0.4, 0.5) is 22.0 Å². The first-order chi connectivity index (χ1) is 22.1. The fourth-order valence-corrected chi connectivity index (χ4v) is 3.41. The summed E-state index contributed by atoms with van der Waals surface area (Å²) >= 11 is 0. The van der Waals surface area contributed by atoms with Crippen LogP contribution in [-0.2, 0) is 47.6 Å². The topological polar surface area (TPSA) is 148 Å². The van der Waals surface area contributed by atoms with Crippen molar-refractivity contribution in [2.45, 2.75) is 12.8 Å². The standard InChI is InChI=1S/C28H35F5N2O11/c29-23-24(30)26(32)28(27(33)25(23)31)46-22(39)4-7-40-9-11-42-13-15-44-17-18-45-16-14-43-12-10-41-8-5-34-19(36)3-6-35-20(37)1-2-21(35)38/h1-2H,3-18H2,(H,34,36). The van der Waals surface area contributed by atoms with Crippen LogP contribution in [0.25, 0.3) is 0 Å². The number of amides is 3. The van der Waals surface area contributed by atoms with Gasteiger partial charge in [-0.25, -0.2) is 13.2 Å². The molecule has 258 valence electrons. The second-order valence-electron chi connectivity index (χ2n) is 9.06. The van der Waals surface area contributed by atoms with E-state index in [1.165, 1.54) is 0 Å². The third-order valence-corrected chi connectivity index (χ3v) is 5.73. The van der Waals surface area contributed by atoms with Gasteiger partial charge >= 0.3 is 5.97 Å². The lowest BCUT2D eigenvalue weighted by molar-refractivity contribution is -0.138. The fraction of sp³-hybridized carbons (Fsp3) is 0.571. The smallest absolute Gasteiger partial charge is 0.313 e. The number of carbonyl (C=O) groups excluding carboxylic acids is 4. The maximum Gasteiger partial charge on any atom is 0.313 e. The minimum absolute atomic E-state index is 0.0131. The van der Waals surface area contributed by atoms with Crippen molar-refractivity contribution in [3.05, 3.63) is 41.2 Å². The van der Waals surface area contributed by atoms with Crippen molar-refractivity contribution in [3.63, 3.8) is 0 Å². The van der Waals surface area contributed by atoms with Crippen molar-refractivity contribution in [2.24, 2.45) is 0 Å². The maximum absolute atomic E-state index is 13.5. The summed E-state index contributed by atoms with van der Waals surface area (Å²) in [5.74, 6) is -15.4. The van der Waals surface area contributed by atoms with Crippen molar-refractivity contribution in [1.82, 2.24) is 10.2 Å². The molecule has 1 aromatic carbocycles. The Hall–Kier alpha value is -3.55. The van der Waals surface area contributed by atoms with Crippen molar-refractivity contribution in [3.8, 4) is 5.75 Å². The number of rotatable bonds is 25. The minimum atomic E-state index is -2.36. The molecule has 0 bridgehead atoms. The van der Waals surface area contributed by atoms with Crippen molar-refractivity contribution in [1.29, 1.82) is 0 Å². The number of halogens is 5. The Morgan fingerprint density at radius 1 is 0.565 bits per heavy atom. The summed E-state index contributed by atoms with van der Waals surface area (Å²) < 4.78 is 102. The summed E-state index contributed by atoms with van der Waals surface area (Å²) in [4.78, 5) is 47.2. The summed E-state index contributed by atoms with van der Waals surface area (Å²) in [6.45, 7) is 3.08. The summed E-state index contributed by atoms with van der Waals surface area (Å²) in [7, 11) is 0. The third-order valence-electron chi connectivity index (χ3n) is 5.73. The van der Waals surface area contributed by atoms with Gasteiger partial charge in [-0.1, -0.05) is 0 Å². The molecule has 1 aliphatic heterocycles. The molecule has 0 radical (unpaired) electrons. The molecule has 0 unspecified atom stereocenters. The number of imide groups is 1. The van der Waals surface area contributed by atoms with Gasteiger partial charge < -0.3 is 38.5 Å². The van der Waals surface area contributed by atoms with E-state index in [4.69, 9.17) is 28.4 Å². The molecule has 1 heterocycles. The van der Waals surface area contributed by atoms with Crippen molar-refractivity contribution < 1.29 is 74.3 Å². The van der Waals surface area contributed by atoms with E-state index in [-0.39, 0.29) is 65.1 Å². The highest BCUT2D eigenvalue weighted by atomic mass is 19.2. The first-order valence-electron chi connectivity index (χ1n) is 14.1. The van der Waals surface area contributed by atoms with Gasteiger partial charge in [0.05, 0.1) is 85.7 Å². The first-order valence-corrected chi connectivity index (χ1v) is 14.1.